The van der Waals surface area contributed by atoms with Crippen LogP contribution in [0.4, 0.5) is 4.39 Å². The number of amides is 1. The molecule has 4 nitrogen and oxygen atoms in total. The number of likely N-dealkylation sites (tertiary alicyclic amines) is 1. The Hall–Kier alpha value is -2.27. The summed E-state index contributed by atoms with van der Waals surface area (Å²) in [5.74, 6) is -0.377. The Morgan fingerprint density at radius 3 is 2.61 bits per heavy atom. The number of halogens is 1. The van der Waals surface area contributed by atoms with Crippen LogP contribution in [-0.4, -0.2) is 35.4 Å². The van der Waals surface area contributed by atoms with Crippen molar-refractivity contribution in [1.82, 2.24) is 15.2 Å². The number of carbonyl (C=O) groups is 1. The van der Waals surface area contributed by atoms with Crippen LogP contribution in [0.1, 0.15) is 34.8 Å². The summed E-state index contributed by atoms with van der Waals surface area (Å²) in [4.78, 5) is 18.5. The number of nitrogens with one attached hydrogen (secondary N) is 1. The van der Waals surface area contributed by atoms with Gasteiger partial charge in [-0.25, -0.2) is 4.39 Å². The van der Waals surface area contributed by atoms with E-state index in [0.717, 1.165) is 31.5 Å². The molecule has 23 heavy (non-hydrogen) atoms. The second kappa shape index (κ2) is 7.33. The van der Waals surface area contributed by atoms with E-state index in [1.54, 1.807) is 36.7 Å². The van der Waals surface area contributed by atoms with Gasteiger partial charge in [0, 0.05) is 18.9 Å². The van der Waals surface area contributed by atoms with Gasteiger partial charge >= 0.3 is 0 Å². The molecule has 1 atom stereocenters. The molecule has 1 unspecified atom stereocenters. The molecule has 1 saturated heterocycles. The number of rotatable bonds is 5. The Bertz CT molecular complexity index is 639. The van der Waals surface area contributed by atoms with Crippen LogP contribution in [0.3, 0.4) is 0 Å². The normalized spacial score (nSPS) is 16.2. The first kappa shape index (κ1) is 15.6. The van der Waals surface area contributed by atoms with E-state index in [1.165, 1.54) is 12.1 Å². The van der Waals surface area contributed by atoms with Crippen molar-refractivity contribution in [2.45, 2.75) is 18.9 Å². The molecule has 1 aliphatic rings. The molecule has 0 spiro atoms. The van der Waals surface area contributed by atoms with Crippen LogP contribution < -0.4 is 5.32 Å². The van der Waals surface area contributed by atoms with Crippen LogP contribution in [0.25, 0.3) is 0 Å². The first-order valence-corrected chi connectivity index (χ1v) is 7.92. The van der Waals surface area contributed by atoms with Gasteiger partial charge in [-0.15, -0.1) is 0 Å². The minimum Gasteiger partial charge on any atom is -0.350 e. The van der Waals surface area contributed by atoms with Crippen molar-refractivity contribution in [3.63, 3.8) is 0 Å². The molecule has 1 fully saturated rings. The minimum absolute atomic E-state index is 0.0683. The molecule has 2 aromatic rings. The summed E-state index contributed by atoms with van der Waals surface area (Å²) in [7, 11) is 0. The van der Waals surface area contributed by atoms with Crippen LogP contribution >= 0.6 is 0 Å². The first-order valence-electron chi connectivity index (χ1n) is 7.92. The van der Waals surface area contributed by atoms with Gasteiger partial charge in [0.1, 0.15) is 5.82 Å². The van der Waals surface area contributed by atoms with Gasteiger partial charge in [0.2, 0.25) is 0 Å². The lowest BCUT2D eigenvalue weighted by molar-refractivity contribution is 0.0937. The molecule has 1 aromatic heterocycles. The average Bonchev–Trinajstić information content (AvgIpc) is 3.11. The molecule has 3 rings (SSSR count). The molecule has 120 valence electrons. The van der Waals surface area contributed by atoms with Gasteiger partial charge in [-0.1, -0.05) is 12.1 Å². The predicted molar refractivity (Wildman–Crippen MR) is 86.5 cm³/mol. The highest BCUT2D eigenvalue weighted by Crippen LogP contribution is 2.24. The number of aromatic nitrogens is 1. The van der Waals surface area contributed by atoms with E-state index < -0.39 is 0 Å². The first-order chi connectivity index (χ1) is 11.2. The summed E-state index contributed by atoms with van der Waals surface area (Å²) in [5.41, 5.74) is 1.58. The van der Waals surface area contributed by atoms with Gasteiger partial charge in [0.05, 0.1) is 11.6 Å². The molecule has 2 heterocycles. The molecule has 1 aliphatic heterocycles. The van der Waals surface area contributed by atoms with Crippen LogP contribution in [0.5, 0.6) is 0 Å². The molecule has 0 saturated carbocycles. The fraction of sp³-hybridized carbons (Fsp3) is 0.333. The molecule has 0 radical (unpaired) electrons. The van der Waals surface area contributed by atoms with E-state index in [1.807, 2.05) is 0 Å². The van der Waals surface area contributed by atoms with Gasteiger partial charge in [-0.05, 0) is 55.8 Å². The lowest BCUT2D eigenvalue weighted by Gasteiger charge is -2.28. The van der Waals surface area contributed by atoms with E-state index >= 15 is 0 Å². The van der Waals surface area contributed by atoms with Gasteiger partial charge in [0.25, 0.3) is 5.91 Å². The summed E-state index contributed by atoms with van der Waals surface area (Å²) >= 11 is 0. The maximum absolute atomic E-state index is 13.2. The van der Waals surface area contributed by atoms with Gasteiger partial charge in [0.15, 0.2) is 0 Å². The fourth-order valence-electron chi connectivity index (χ4n) is 2.98. The zero-order valence-electron chi connectivity index (χ0n) is 12.9. The van der Waals surface area contributed by atoms with Crippen molar-refractivity contribution in [1.29, 1.82) is 0 Å². The van der Waals surface area contributed by atoms with Gasteiger partial charge in [-0.3, -0.25) is 14.7 Å². The van der Waals surface area contributed by atoms with Crippen molar-refractivity contribution < 1.29 is 9.18 Å². The second-order valence-corrected chi connectivity index (χ2v) is 5.76. The number of nitrogens with zero attached hydrogens (tertiary/aromatic N) is 2. The third kappa shape index (κ3) is 3.93. The lowest BCUT2D eigenvalue weighted by atomic mass is 10.1. The third-order valence-corrected chi connectivity index (χ3v) is 4.22. The molecular formula is C18H20FN3O. The van der Waals surface area contributed by atoms with Crippen LogP contribution in [0, 0.1) is 5.82 Å². The van der Waals surface area contributed by atoms with E-state index in [-0.39, 0.29) is 17.8 Å². The highest BCUT2D eigenvalue weighted by atomic mass is 19.1. The molecule has 1 aromatic carbocycles. The van der Waals surface area contributed by atoms with Gasteiger partial charge in [-0.2, -0.15) is 0 Å². The summed E-state index contributed by atoms with van der Waals surface area (Å²) in [6.45, 7) is 2.51. The highest BCUT2D eigenvalue weighted by molar-refractivity contribution is 5.93. The summed E-state index contributed by atoms with van der Waals surface area (Å²) in [5, 5.41) is 2.97. The van der Waals surface area contributed by atoms with E-state index in [9.17, 15) is 9.18 Å². The summed E-state index contributed by atoms with van der Waals surface area (Å²) in [6.07, 6.45) is 5.52. The number of pyridine rings is 1. The van der Waals surface area contributed by atoms with E-state index in [4.69, 9.17) is 0 Å². The van der Waals surface area contributed by atoms with Crippen molar-refractivity contribution in [2.75, 3.05) is 19.6 Å². The standard InChI is InChI=1S/C18H20FN3O/c19-16-7-5-14(6-8-16)17(22-10-1-2-11-22)13-21-18(23)15-4-3-9-20-12-15/h3-9,12,17H,1-2,10-11,13H2,(H,21,23). The van der Waals surface area contributed by atoms with Crippen molar-refractivity contribution in [3.05, 3.63) is 65.7 Å². The zero-order valence-corrected chi connectivity index (χ0v) is 12.9. The molecule has 1 amide bonds. The molecular weight excluding hydrogens is 293 g/mol. The smallest absolute Gasteiger partial charge is 0.252 e. The maximum Gasteiger partial charge on any atom is 0.252 e. The van der Waals surface area contributed by atoms with Crippen LogP contribution in [0.15, 0.2) is 48.8 Å². The quantitative estimate of drug-likeness (QED) is 0.923. The second-order valence-electron chi connectivity index (χ2n) is 5.76. The Labute approximate surface area is 135 Å². The highest BCUT2D eigenvalue weighted by Gasteiger charge is 2.24. The Kier molecular flexibility index (Phi) is 4.98. The molecule has 0 bridgehead atoms. The minimum atomic E-state index is -0.242. The van der Waals surface area contributed by atoms with E-state index in [0.29, 0.717) is 12.1 Å². The summed E-state index contributed by atoms with van der Waals surface area (Å²) < 4.78 is 13.2. The summed E-state index contributed by atoms with van der Waals surface area (Å²) in [6, 6.07) is 10.1. The van der Waals surface area contributed by atoms with Crippen molar-refractivity contribution in [2.24, 2.45) is 0 Å². The fourth-order valence-corrected chi connectivity index (χ4v) is 2.98. The number of hydrogen-bond donors (Lipinski definition) is 1. The molecule has 1 N–H and O–H groups in total. The Morgan fingerprint density at radius 1 is 1.22 bits per heavy atom. The monoisotopic (exact) mass is 313 g/mol. The van der Waals surface area contributed by atoms with Crippen LogP contribution in [-0.2, 0) is 0 Å². The number of carbonyl (C=O) groups excluding carboxylic acids is 1. The maximum atomic E-state index is 13.2. The van der Waals surface area contributed by atoms with Crippen LogP contribution in [0.2, 0.25) is 0 Å². The Balaban J connectivity index is 1.71. The van der Waals surface area contributed by atoms with Crippen molar-refractivity contribution >= 4 is 5.91 Å². The largest absolute Gasteiger partial charge is 0.350 e. The average molecular weight is 313 g/mol. The molecule has 0 aliphatic carbocycles. The van der Waals surface area contributed by atoms with Gasteiger partial charge < -0.3 is 5.32 Å². The number of benzene rings is 1. The number of hydrogen-bond acceptors (Lipinski definition) is 3. The topological polar surface area (TPSA) is 45.2 Å². The Morgan fingerprint density at radius 2 is 1.96 bits per heavy atom. The van der Waals surface area contributed by atoms with E-state index in [2.05, 4.69) is 15.2 Å². The zero-order chi connectivity index (χ0) is 16.1. The SMILES string of the molecule is O=C(NCC(c1ccc(F)cc1)N1CCCC1)c1cccnc1. The molecule has 5 heteroatoms. The van der Waals surface area contributed by atoms with Crippen molar-refractivity contribution in [3.8, 4) is 0 Å². The lowest BCUT2D eigenvalue weighted by Crippen LogP contribution is -2.36. The predicted octanol–water partition coefficient (Wildman–Crippen LogP) is 2.79. The third-order valence-electron chi connectivity index (χ3n) is 4.22.